The van der Waals surface area contributed by atoms with Crippen LogP contribution in [0.25, 0.3) is 0 Å². The fourth-order valence-corrected chi connectivity index (χ4v) is 2.24. The van der Waals surface area contributed by atoms with Crippen LogP contribution in [0.3, 0.4) is 0 Å². The predicted octanol–water partition coefficient (Wildman–Crippen LogP) is 3.70. The molecule has 0 aliphatic carbocycles. The van der Waals surface area contributed by atoms with Crippen molar-refractivity contribution in [1.82, 2.24) is 10.3 Å². The van der Waals surface area contributed by atoms with Gasteiger partial charge in [-0.1, -0.05) is 18.6 Å². The minimum Gasteiger partial charge on any atom is -0.491 e. The summed E-state index contributed by atoms with van der Waals surface area (Å²) in [5, 5.41) is 14.3. The van der Waals surface area contributed by atoms with Crippen molar-refractivity contribution in [3.05, 3.63) is 54.6 Å². The van der Waals surface area contributed by atoms with E-state index in [1.54, 1.807) is 36.7 Å². The number of unbranched alkanes of at least 4 members (excludes halogenated alkanes) is 3. The van der Waals surface area contributed by atoms with Gasteiger partial charge >= 0.3 is 0 Å². The van der Waals surface area contributed by atoms with Crippen LogP contribution in [0.2, 0.25) is 0 Å². The molecule has 26 heavy (non-hydrogen) atoms. The number of nitriles is 1. The predicted molar refractivity (Wildman–Crippen MR) is 99.3 cm³/mol. The smallest absolute Gasteiger partial charge is 0.209 e. The minimum absolute atomic E-state index is 0.297. The van der Waals surface area contributed by atoms with E-state index in [9.17, 15) is 4.39 Å². The maximum Gasteiger partial charge on any atom is 0.209 e. The summed E-state index contributed by atoms with van der Waals surface area (Å²) in [6, 6.07) is 10.1. The second-order valence-electron chi connectivity index (χ2n) is 5.53. The van der Waals surface area contributed by atoms with E-state index in [-0.39, 0.29) is 5.82 Å². The molecule has 136 valence electrons. The van der Waals surface area contributed by atoms with E-state index in [2.05, 4.69) is 20.6 Å². The Balaban J connectivity index is 1.61. The fraction of sp³-hybridized carbons (Fsp3) is 0.316. The molecule has 1 aromatic carbocycles. The number of aromatic nitrogens is 1. The number of hydrogen-bond donors (Lipinski definition) is 2. The molecular weight excluding hydrogens is 333 g/mol. The SMILES string of the molecule is N#CNC(=NCCCCCCOc1ccccc1F)Nc1cccnc1. The normalized spacial score (nSPS) is 10.8. The lowest BCUT2D eigenvalue weighted by Crippen LogP contribution is -2.27. The van der Waals surface area contributed by atoms with Gasteiger partial charge in [0.15, 0.2) is 17.8 Å². The number of nitrogens with one attached hydrogen (secondary N) is 2. The molecule has 1 heterocycles. The first kappa shape index (κ1) is 19.2. The van der Waals surface area contributed by atoms with Crippen molar-refractivity contribution in [2.45, 2.75) is 25.7 Å². The van der Waals surface area contributed by atoms with Gasteiger partial charge in [-0.25, -0.2) is 4.39 Å². The van der Waals surface area contributed by atoms with Gasteiger partial charge in [-0.3, -0.25) is 15.3 Å². The average Bonchev–Trinajstić information content (AvgIpc) is 2.66. The Morgan fingerprint density at radius 3 is 2.77 bits per heavy atom. The highest BCUT2D eigenvalue weighted by molar-refractivity contribution is 5.94. The van der Waals surface area contributed by atoms with Crippen molar-refractivity contribution in [2.24, 2.45) is 4.99 Å². The number of pyridine rings is 1. The third-order valence-corrected chi connectivity index (χ3v) is 3.52. The lowest BCUT2D eigenvalue weighted by atomic mass is 10.2. The van der Waals surface area contributed by atoms with Crippen molar-refractivity contribution in [3.8, 4) is 11.9 Å². The van der Waals surface area contributed by atoms with Crippen LogP contribution in [-0.2, 0) is 0 Å². The van der Waals surface area contributed by atoms with E-state index in [0.29, 0.717) is 24.9 Å². The molecule has 0 saturated heterocycles. The molecule has 7 heteroatoms. The molecule has 2 aromatic rings. The Morgan fingerprint density at radius 2 is 2.00 bits per heavy atom. The van der Waals surface area contributed by atoms with Crippen LogP contribution in [0.1, 0.15) is 25.7 Å². The standard InChI is InChI=1S/C19H22FN5O/c20-17-9-3-4-10-18(17)26-13-6-2-1-5-12-23-19(24-15-21)25-16-8-7-11-22-14-16/h3-4,7-11,14H,1-2,5-6,12-13H2,(H2,23,24,25). The number of aliphatic imine (C=N–C) groups is 1. The highest BCUT2D eigenvalue weighted by atomic mass is 19.1. The Labute approximate surface area is 152 Å². The quantitative estimate of drug-likeness (QED) is 0.236. The zero-order valence-corrected chi connectivity index (χ0v) is 14.5. The third kappa shape index (κ3) is 7.18. The molecule has 0 bridgehead atoms. The first-order valence-electron chi connectivity index (χ1n) is 8.53. The summed E-state index contributed by atoms with van der Waals surface area (Å²) in [5.41, 5.74) is 0.763. The van der Waals surface area contributed by atoms with Gasteiger partial charge in [0.25, 0.3) is 0 Å². The van der Waals surface area contributed by atoms with Crippen LogP contribution in [0.15, 0.2) is 53.8 Å². The molecule has 0 atom stereocenters. The number of anilines is 1. The Kier molecular flexibility index (Phi) is 8.43. The number of para-hydroxylation sites is 1. The third-order valence-electron chi connectivity index (χ3n) is 3.52. The highest BCUT2D eigenvalue weighted by Gasteiger charge is 2.01. The zero-order chi connectivity index (χ0) is 18.5. The molecule has 0 aliphatic rings. The molecule has 2 rings (SSSR count). The first-order valence-corrected chi connectivity index (χ1v) is 8.53. The van der Waals surface area contributed by atoms with E-state index >= 15 is 0 Å². The lowest BCUT2D eigenvalue weighted by Gasteiger charge is -2.08. The van der Waals surface area contributed by atoms with Gasteiger partial charge in [0.1, 0.15) is 0 Å². The summed E-state index contributed by atoms with van der Waals surface area (Å²) in [5.74, 6) is 0.370. The number of hydrogen-bond acceptors (Lipinski definition) is 4. The van der Waals surface area contributed by atoms with Gasteiger partial charge in [0, 0.05) is 12.7 Å². The van der Waals surface area contributed by atoms with E-state index in [1.165, 1.54) is 6.07 Å². The second-order valence-corrected chi connectivity index (χ2v) is 5.53. The molecule has 0 radical (unpaired) electrons. The van der Waals surface area contributed by atoms with Gasteiger partial charge in [-0.05, 0) is 43.5 Å². The summed E-state index contributed by atoms with van der Waals surface area (Å²) in [7, 11) is 0. The molecule has 1 aromatic heterocycles. The van der Waals surface area contributed by atoms with Crippen molar-refractivity contribution in [1.29, 1.82) is 5.26 Å². The molecule has 0 fully saturated rings. The summed E-state index contributed by atoms with van der Waals surface area (Å²) < 4.78 is 18.8. The van der Waals surface area contributed by atoms with Gasteiger partial charge in [-0.15, -0.1) is 0 Å². The van der Waals surface area contributed by atoms with Crippen LogP contribution in [-0.4, -0.2) is 24.1 Å². The Bertz CT molecular complexity index is 730. The van der Waals surface area contributed by atoms with Gasteiger partial charge in [0.05, 0.1) is 18.5 Å². The minimum atomic E-state index is -0.333. The number of rotatable bonds is 9. The molecule has 0 saturated carbocycles. The maximum atomic E-state index is 13.4. The largest absolute Gasteiger partial charge is 0.491 e. The van der Waals surface area contributed by atoms with Gasteiger partial charge in [-0.2, -0.15) is 5.26 Å². The number of halogens is 1. The highest BCUT2D eigenvalue weighted by Crippen LogP contribution is 2.15. The van der Waals surface area contributed by atoms with E-state index in [4.69, 9.17) is 10.00 Å². The number of guanidine groups is 1. The first-order chi connectivity index (χ1) is 12.8. The molecule has 0 spiro atoms. The van der Waals surface area contributed by atoms with E-state index in [0.717, 1.165) is 31.4 Å². The van der Waals surface area contributed by atoms with Crippen LogP contribution < -0.4 is 15.4 Å². The molecule has 2 N–H and O–H groups in total. The van der Waals surface area contributed by atoms with Crippen molar-refractivity contribution in [2.75, 3.05) is 18.5 Å². The second kappa shape index (κ2) is 11.4. The van der Waals surface area contributed by atoms with Crippen LogP contribution in [0.4, 0.5) is 10.1 Å². The number of ether oxygens (including phenoxy) is 1. The summed E-state index contributed by atoms with van der Waals surface area (Å²) >= 11 is 0. The molecule has 0 unspecified atom stereocenters. The van der Waals surface area contributed by atoms with Crippen molar-refractivity contribution < 1.29 is 9.13 Å². The van der Waals surface area contributed by atoms with Crippen molar-refractivity contribution >= 4 is 11.6 Å². The monoisotopic (exact) mass is 355 g/mol. The summed E-state index contributed by atoms with van der Waals surface area (Å²) in [4.78, 5) is 8.35. The molecule has 0 aliphatic heterocycles. The van der Waals surface area contributed by atoms with Crippen LogP contribution in [0.5, 0.6) is 5.75 Å². The van der Waals surface area contributed by atoms with E-state index in [1.807, 2.05) is 12.3 Å². The van der Waals surface area contributed by atoms with E-state index < -0.39 is 0 Å². The molecular formula is C19H22FN5O. The number of nitrogens with zero attached hydrogens (tertiary/aromatic N) is 3. The van der Waals surface area contributed by atoms with Crippen LogP contribution in [0, 0.1) is 17.3 Å². The van der Waals surface area contributed by atoms with Gasteiger partial charge < -0.3 is 10.1 Å². The average molecular weight is 355 g/mol. The van der Waals surface area contributed by atoms with Gasteiger partial charge in [0.2, 0.25) is 5.96 Å². The fourth-order valence-electron chi connectivity index (χ4n) is 2.24. The zero-order valence-electron chi connectivity index (χ0n) is 14.5. The Morgan fingerprint density at radius 1 is 1.15 bits per heavy atom. The molecule has 0 amide bonds. The Hall–Kier alpha value is -3.14. The maximum absolute atomic E-state index is 13.4. The summed E-state index contributed by atoms with van der Waals surface area (Å²) in [6.45, 7) is 1.10. The lowest BCUT2D eigenvalue weighted by molar-refractivity contribution is 0.290. The summed E-state index contributed by atoms with van der Waals surface area (Å²) in [6.07, 6.45) is 8.91. The topological polar surface area (TPSA) is 82.3 Å². The van der Waals surface area contributed by atoms with Crippen molar-refractivity contribution in [3.63, 3.8) is 0 Å². The molecule has 6 nitrogen and oxygen atoms in total. The van der Waals surface area contributed by atoms with Crippen LogP contribution >= 0.6 is 0 Å². The number of benzene rings is 1.